The second-order valence-corrected chi connectivity index (χ2v) is 5.24. The molecule has 1 amide bonds. The maximum atomic E-state index is 11.7. The van der Waals surface area contributed by atoms with Gasteiger partial charge in [0.25, 0.3) is 0 Å². The number of nitrogens with one attached hydrogen (secondary N) is 1. The molecule has 0 aliphatic rings. The molecule has 7 heteroatoms. The van der Waals surface area contributed by atoms with Crippen LogP contribution in [0.3, 0.4) is 0 Å². The van der Waals surface area contributed by atoms with Crippen molar-refractivity contribution in [2.24, 2.45) is 5.73 Å². The lowest BCUT2D eigenvalue weighted by Gasteiger charge is -2.03. The van der Waals surface area contributed by atoms with Crippen molar-refractivity contribution in [1.29, 1.82) is 0 Å². The molecule has 0 saturated heterocycles. The number of thiophene rings is 1. The second kappa shape index (κ2) is 6.44. The van der Waals surface area contributed by atoms with Gasteiger partial charge in [0, 0.05) is 4.88 Å². The van der Waals surface area contributed by atoms with E-state index in [4.69, 9.17) is 5.73 Å². The largest absolute Gasteiger partial charge is 0.350 e. The first-order valence-electron chi connectivity index (χ1n) is 6.13. The predicted molar refractivity (Wildman–Crippen MR) is 73.4 cm³/mol. The van der Waals surface area contributed by atoms with E-state index in [9.17, 15) is 4.79 Å². The van der Waals surface area contributed by atoms with Gasteiger partial charge in [-0.1, -0.05) is 18.2 Å². The molecular formula is C12H17N5OS. The average Bonchev–Trinajstić information content (AvgIpc) is 3.06. The summed E-state index contributed by atoms with van der Waals surface area (Å²) in [5, 5.41) is 12.7. The van der Waals surface area contributed by atoms with Crippen LogP contribution in [0.25, 0.3) is 0 Å². The van der Waals surface area contributed by atoms with Gasteiger partial charge in [0.15, 0.2) is 0 Å². The standard InChI is InChI=1S/C12H17N5OS/c1-2-10(13)11-7-17(16-15-11)8-12(18)14-6-9-4-3-5-19-9/h3-5,7,10H,2,6,8,13H2,1H3,(H,14,18). The number of carbonyl (C=O) groups excluding carboxylic acids is 1. The van der Waals surface area contributed by atoms with Crippen LogP contribution in [0.1, 0.15) is 30.0 Å². The number of carbonyl (C=O) groups is 1. The molecule has 0 saturated carbocycles. The van der Waals surface area contributed by atoms with Gasteiger partial charge < -0.3 is 11.1 Å². The maximum absolute atomic E-state index is 11.7. The van der Waals surface area contributed by atoms with Crippen molar-refractivity contribution in [2.45, 2.75) is 32.5 Å². The zero-order valence-corrected chi connectivity index (χ0v) is 11.6. The monoisotopic (exact) mass is 279 g/mol. The molecule has 6 nitrogen and oxygen atoms in total. The van der Waals surface area contributed by atoms with Gasteiger partial charge in [0.1, 0.15) is 6.54 Å². The first-order valence-corrected chi connectivity index (χ1v) is 7.01. The molecule has 0 fully saturated rings. The summed E-state index contributed by atoms with van der Waals surface area (Å²) < 4.78 is 1.51. The first kappa shape index (κ1) is 13.7. The number of hydrogen-bond acceptors (Lipinski definition) is 5. The van der Waals surface area contributed by atoms with Crippen molar-refractivity contribution in [3.63, 3.8) is 0 Å². The molecule has 2 heterocycles. The number of rotatable bonds is 6. The van der Waals surface area contributed by atoms with Crippen LogP contribution in [-0.4, -0.2) is 20.9 Å². The Morgan fingerprint density at radius 2 is 2.47 bits per heavy atom. The van der Waals surface area contributed by atoms with Crippen LogP contribution < -0.4 is 11.1 Å². The first-order chi connectivity index (χ1) is 9.19. The fourth-order valence-electron chi connectivity index (χ4n) is 1.57. The van der Waals surface area contributed by atoms with E-state index in [1.165, 1.54) is 4.68 Å². The summed E-state index contributed by atoms with van der Waals surface area (Å²) in [7, 11) is 0. The van der Waals surface area contributed by atoms with Gasteiger partial charge in [-0.05, 0) is 17.9 Å². The van der Waals surface area contributed by atoms with Crippen molar-refractivity contribution in [3.8, 4) is 0 Å². The van der Waals surface area contributed by atoms with E-state index in [1.54, 1.807) is 17.5 Å². The van der Waals surface area contributed by atoms with E-state index in [0.29, 0.717) is 12.2 Å². The van der Waals surface area contributed by atoms with E-state index in [-0.39, 0.29) is 18.5 Å². The summed E-state index contributed by atoms with van der Waals surface area (Å²) in [5.41, 5.74) is 6.56. The Balaban J connectivity index is 1.83. The summed E-state index contributed by atoms with van der Waals surface area (Å²) in [6.07, 6.45) is 2.52. The van der Waals surface area contributed by atoms with Gasteiger partial charge in [-0.15, -0.1) is 16.4 Å². The Hall–Kier alpha value is -1.73. The molecule has 1 unspecified atom stereocenters. The van der Waals surface area contributed by atoms with Crippen molar-refractivity contribution >= 4 is 17.2 Å². The third-order valence-corrected chi connectivity index (χ3v) is 3.60. The summed E-state index contributed by atoms with van der Waals surface area (Å²) in [6.45, 7) is 2.69. The lowest BCUT2D eigenvalue weighted by molar-refractivity contribution is -0.122. The molecule has 102 valence electrons. The lowest BCUT2D eigenvalue weighted by atomic mass is 10.2. The number of aromatic nitrogens is 3. The Bertz CT molecular complexity index is 522. The number of amides is 1. The van der Waals surface area contributed by atoms with Crippen LogP contribution in [0, 0.1) is 0 Å². The van der Waals surface area contributed by atoms with Crippen molar-refractivity contribution < 1.29 is 4.79 Å². The molecule has 19 heavy (non-hydrogen) atoms. The molecule has 0 spiro atoms. The highest BCUT2D eigenvalue weighted by atomic mass is 32.1. The van der Waals surface area contributed by atoms with Crippen LogP contribution >= 0.6 is 11.3 Å². The summed E-state index contributed by atoms with van der Waals surface area (Å²) in [4.78, 5) is 12.9. The lowest BCUT2D eigenvalue weighted by Crippen LogP contribution is -2.27. The van der Waals surface area contributed by atoms with Crippen molar-refractivity contribution in [3.05, 3.63) is 34.3 Å². The van der Waals surface area contributed by atoms with Gasteiger partial charge in [0.05, 0.1) is 24.5 Å². The minimum atomic E-state index is -0.122. The third kappa shape index (κ3) is 3.87. The maximum Gasteiger partial charge on any atom is 0.242 e. The van der Waals surface area contributed by atoms with Gasteiger partial charge in [-0.25, -0.2) is 4.68 Å². The molecule has 0 aliphatic carbocycles. The minimum absolute atomic E-state index is 0.0880. The number of nitrogens with zero attached hydrogens (tertiary/aromatic N) is 3. The SMILES string of the molecule is CCC(N)c1cn(CC(=O)NCc2cccs2)nn1. The zero-order valence-electron chi connectivity index (χ0n) is 10.7. The summed E-state index contributed by atoms with van der Waals surface area (Å²) in [6, 6.07) is 3.82. The van der Waals surface area contributed by atoms with Crippen LogP contribution in [-0.2, 0) is 17.9 Å². The minimum Gasteiger partial charge on any atom is -0.350 e. The van der Waals surface area contributed by atoms with Gasteiger partial charge in [-0.3, -0.25) is 4.79 Å². The molecule has 0 aromatic carbocycles. The molecule has 0 bridgehead atoms. The van der Waals surface area contributed by atoms with Gasteiger partial charge in [-0.2, -0.15) is 0 Å². The van der Waals surface area contributed by atoms with Crippen LogP contribution in [0.5, 0.6) is 0 Å². The number of nitrogens with two attached hydrogens (primary N) is 1. The molecule has 0 aliphatic heterocycles. The molecule has 0 radical (unpaired) electrons. The molecule has 2 rings (SSSR count). The summed E-state index contributed by atoms with van der Waals surface area (Å²) >= 11 is 1.62. The smallest absolute Gasteiger partial charge is 0.242 e. The predicted octanol–water partition coefficient (Wildman–Crippen LogP) is 1.07. The van der Waals surface area contributed by atoms with E-state index in [0.717, 1.165) is 11.3 Å². The highest BCUT2D eigenvalue weighted by Gasteiger charge is 2.10. The molecule has 2 aromatic heterocycles. The van der Waals surface area contributed by atoms with Gasteiger partial charge in [0.2, 0.25) is 5.91 Å². The van der Waals surface area contributed by atoms with Crippen molar-refractivity contribution in [2.75, 3.05) is 0 Å². The Morgan fingerprint density at radius 1 is 1.63 bits per heavy atom. The van der Waals surface area contributed by atoms with E-state index >= 15 is 0 Å². The fraction of sp³-hybridized carbons (Fsp3) is 0.417. The van der Waals surface area contributed by atoms with E-state index in [2.05, 4.69) is 15.6 Å². The highest BCUT2D eigenvalue weighted by molar-refractivity contribution is 7.09. The molecule has 1 atom stereocenters. The second-order valence-electron chi connectivity index (χ2n) is 4.21. The molecule has 3 N–H and O–H groups in total. The highest BCUT2D eigenvalue weighted by Crippen LogP contribution is 2.09. The summed E-state index contributed by atoms with van der Waals surface area (Å²) in [5.74, 6) is -0.0880. The van der Waals surface area contributed by atoms with E-state index < -0.39 is 0 Å². The van der Waals surface area contributed by atoms with Crippen LogP contribution in [0.15, 0.2) is 23.7 Å². The van der Waals surface area contributed by atoms with Crippen LogP contribution in [0.2, 0.25) is 0 Å². The topological polar surface area (TPSA) is 85.8 Å². The quantitative estimate of drug-likeness (QED) is 0.828. The fourth-order valence-corrected chi connectivity index (χ4v) is 2.22. The Labute approximate surface area is 115 Å². The zero-order chi connectivity index (χ0) is 13.7. The Morgan fingerprint density at radius 3 is 3.16 bits per heavy atom. The van der Waals surface area contributed by atoms with Crippen LogP contribution in [0.4, 0.5) is 0 Å². The van der Waals surface area contributed by atoms with Crippen molar-refractivity contribution in [1.82, 2.24) is 20.3 Å². The molecule has 2 aromatic rings. The number of hydrogen-bond donors (Lipinski definition) is 2. The normalized spacial score (nSPS) is 12.3. The van der Waals surface area contributed by atoms with E-state index in [1.807, 2.05) is 24.4 Å². The molecular weight excluding hydrogens is 262 g/mol. The average molecular weight is 279 g/mol. The third-order valence-electron chi connectivity index (χ3n) is 2.72. The Kier molecular flexibility index (Phi) is 4.64. The van der Waals surface area contributed by atoms with Gasteiger partial charge >= 0.3 is 0 Å².